The highest BCUT2D eigenvalue weighted by Crippen LogP contribution is 2.18. The average Bonchev–Trinajstić information content (AvgIpc) is 2.32. The van der Waals surface area contributed by atoms with Crippen LogP contribution in [0.2, 0.25) is 5.15 Å². The highest BCUT2D eigenvalue weighted by molar-refractivity contribution is 6.32. The molecule has 0 radical (unpaired) electrons. The number of esters is 1. The summed E-state index contributed by atoms with van der Waals surface area (Å²) in [6.07, 6.45) is 0. The number of H-pyrrole nitrogens is 1. The van der Waals surface area contributed by atoms with E-state index in [1.807, 2.05) is 0 Å². The van der Waals surface area contributed by atoms with Crippen LogP contribution in [-0.2, 0) is 4.74 Å². The molecule has 11 heavy (non-hydrogen) atoms. The number of hydrogen-bond acceptors (Lipinski definition) is 4. The fraction of sp³-hybridized carbons (Fsp3) is 0.200. The summed E-state index contributed by atoms with van der Waals surface area (Å²) in [4.78, 5) is 10.8. The van der Waals surface area contributed by atoms with Gasteiger partial charge in [-0.15, -0.1) is 0 Å². The quantitative estimate of drug-likeness (QED) is 0.607. The molecule has 0 amide bonds. The van der Waals surface area contributed by atoms with Crippen LogP contribution in [0.3, 0.4) is 0 Å². The molecule has 0 saturated heterocycles. The van der Waals surface area contributed by atoms with E-state index >= 15 is 0 Å². The number of rotatable bonds is 1. The van der Waals surface area contributed by atoms with Gasteiger partial charge in [0.05, 0.1) is 7.11 Å². The zero-order valence-electron chi connectivity index (χ0n) is 5.72. The van der Waals surface area contributed by atoms with Crippen molar-refractivity contribution in [1.29, 1.82) is 0 Å². The van der Waals surface area contributed by atoms with E-state index in [2.05, 4.69) is 14.9 Å². The molecule has 0 saturated carbocycles. The summed E-state index contributed by atoms with van der Waals surface area (Å²) in [5.41, 5.74) is 5.47. The van der Waals surface area contributed by atoms with Crippen molar-refractivity contribution >= 4 is 23.3 Å². The van der Waals surface area contributed by atoms with E-state index in [1.165, 1.54) is 7.11 Å². The van der Waals surface area contributed by atoms with Gasteiger partial charge < -0.3 is 10.5 Å². The lowest BCUT2D eigenvalue weighted by Gasteiger charge is -1.93. The third kappa shape index (κ3) is 1.27. The molecule has 60 valence electrons. The number of anilines is 1. The smallest absolute Gasteiger partial charge is 0.360 e. The first-order chi connectivity index (χ1) is 5.16. The number of hydrogen-bond donors (Lipinski definition) is 2. The number of carbonyl (C=O) groups excluding carboxylic acids is 1. The zero-order valence-corrected chi connectivity index (χ0v) is 6.47. The highest BCUT2D eigenvalue weighted by atomic mass is 35.5. The van der Waals surface area contributed by atoms with E-state index in [1.54, 1.807) is 0 Å². The van der Waals surface area contributed by atoms with Crippen LogP contribution in [0.15, 0.2) is 0 Å². The number of halogens is 1. The maximum absolute atomic E-state index is 10.8. The molecule has 0 atom stereocenters. The molecule has 0 spiro atoms. The lowest BCUT2D eigenvalue weighted by Crippen LogP contribution is -2.04. The predicted octanol–water partition coefficient (Wildman–Crippen LogP) is 0.432. The number of nitrogens with one attached hydrogen (secondary N) is 1. The molecule has 0 aromatic carbocycles. The van der Waals surface area contributed by atoms with Crippen molar-refractivity contribution in [3.05, 3.63) is 10.8 Å². The van der Waals surface area contributed by atoms with Crippen molar-refractivity contribution in [2.45, 2.75) is 0 Å². The SMILES string of the molecule is COC(=O)c1n[nH]c(Cl)c1N. The first kappa shape index (κ1) is 7.87. The molecular weight excluding hydrogens is 170 g/mol. The molecule has 1 rings (SSSR count). The van der Waals surface area contributed by atoms with Gasteiger partial charge in [0, 0.05) is 0 Å². The topological polar surface area (TPSA) is 81.0 Å². The van der Waals surface area contributed by atoms with Gasteiger partial charge in [-0.2, -0.15) is 5.10 Å². The molecule has 1 heterocycles. The first-order valence-electron chi connectivity index (χ1n) is 2.74. The van der Waals surface area contributed by atoms with Gasteiger partial charge in [-0.05, 0) is 0 Å². The largest absolute Gasteiger partial charge is 0.464 e. The van der Waals surface area contributed by atoms with Crippen molar-refractivity contribution in [1.82, 2.24) is 10.2 Å². The van der Waals surface area contributed by atoms with Crippen LogP contribution in [0.25, 0.3) is 0 Å². The molecule has 0 fully saturated rings. The van der Waals surface area contributed by atoms with E-state index in [9.17, 15) is 4.79 Å². The Morgan fingerprint density at radius 3 is 2.82 bits per heavy atom. The summed E-state index contributed by atoms with van der Waals surface area (Å²) in [7, 11) is 1.24. The number of carbonyl (C=O) groups is 1. The maximum atomic E-state index is 10.8. The summed E-state index contributed by atoms with van der Waals surface area (Å²) in [5.74, 6) is -0.606. The van der Waals surface area contributed by atoms with Crippen molar-refractivity contribution < 1.29 is 9.53 Å². The molecule has 6 heteroatoms. The highest BCUT2D eigenvalue weighted by Gasteiger charge is 2.15. The monoisotopic (exact) mass is 175 g/mol. The second-order valence-electron chi connectivity index (χ2n) is 1.79. The van der Waals surface area contributed by atoms with Gasteiger partial charge in [0.2, 0.25) is 0 Å². The Labute approximate surface area is 67.5 Å². The molecule has 0 aliphatic rings. The standard InChI is InChI=1S/C5H6ClN3O2/c1-11-5(10)3-2(7)4(6)9-8-3/h7H2,1H3,(H,8,9). The van der Waals surface area contributed by atoms with Crippen molar-refractivity contribution in [2.75, 3.05) is 12.8 Å². The van der Waals surface area contributed by atoms with E-state index < -0.39 is 5.97 Å². The average molecular weight is 176 g/mol. The van der Waals surface area contributed by atoms with Crippen LogP contribution < -0.4 is 5.73 Å². The number of ether oxygens (including phenoxy) is 1. The van der Waals surface area contributed by atoms with Gasteiger partial charge in [0.15, 0.2) is 5.69 Å². The Balaban J connectivity index is 3.04. The number of nitrogens with zero attached hydrogens (tertiary/aromatic N) is 1. The third-order valence-electron chi connectivity index (χ3n) is 1.14. The summed E-state index contributed by atoms with van der Waals surface area (Å²) < 4.78 is 4.37. The van der Waals surface area contributed by atoms with E-state index in [-0.39, 0.29) is 16.5 Å². The van der Waals surface area contributed by atoms with Crippen LogP contribution >= 0.6 is 11.6 Å². The molecule has 1 aromatic rings. The van der Waals surface area contributed by atoms with Gasteiger partial charge in [0.25, 0.3) is 0 Å². The van der Waals surface area contributed by atoms with Crippen LogP contribution in [0.5, 0.6) is 0 Å². The van der Waals surface area contributed by atoms with Crippen molar-refractivity contribution in [3.8, 4) is 0 Å². The van der Waals surface area contributed by atoms with Gasteiger partial charge in [0.1, 0.15) is 10.8 Å². The number of nitrogen functional groups attached to an aromatic ring is 1. The summed E-state index contributed by atoms with van der Waals surface area (Å²) >= 11 is 5.48. The minimum absolute atomic E-state index is 0.0116. The van der Waals surface area contributed by atoms with Gasteiger partial charge >= 0.3 is 5.97 Å². The molecule has 3 N–H and O–H groups in total. The van der Waals surface area contributed by atoms with Crippen LogP contribution in [0.1, 0.15) is 10.5 Å². The van der Waals surface area contributed by atoms with E-state index in [4.69, 9.17) is 17.3 Å². The van der Waals surface area contributed by atoms with E-state index in [0.29, 0.717) is 0 Å². The summed E-state index contributed by atoms with van der Waals surface area (Å²) in [6, 6.07) is 0. The molecule has 0 bridgehead atoms. The summed E-state index contributed by atoms with van der Waals surface area (Å²) in [5, 5.41) is 6.02. The lowest BCUT2D eigenvalue weighted by atomic mass is 10.4. The minimum Gasteiger partial charge on any atom is -0.464 e. The molecular formula is C5H6ClN3O2. The molecule has 0 aliphatic heterocycles. The molecule has 5 nitrogen and oxygen atoms in total. The number of aromatic amines is 1. The zero-order chi connectivity index (χ0) is 8.43. The van der Waals surface area contributed by atoms with Crippen LogP contribution in [-0.4, -0.2) is 23.3 Å². The number of nitrogens with two attached hydrogens (primary N) is 1. The first-order valence-corrected chi connectivity index (χ1v) is 3.12. The molecule has 1 aromatic heterocycles. The Kier molecular flexibility index (Phi) is 2.00. The fourth-order valence-electron chi connectivity index (χ4n) is 0.582. The van der Waals surface area contributed by atoms with Gasteiger partial charge in [-0.25, -0.2) is 4.79 Å². The van der Waals surface area contributed by atoms with E-state index in [0.717, 1.165) is 0 Å². The number of methoxy groups -OCH3 is 1. The van der Waals surface area contributed by atoms with Crippen LogP contribution in [0, 0.1) is 0 Å². The third-order valence-corrected chi connectivity index (χ3v) is 1.42. The second kappa shape index (κ2) is 2.79. The predicted molar refractivity (Wildman–Crippen MR) is 39.3 cm³/mol. The normalized spacial score (nSPS) is 9.64. The fourth-order valence-corrected chi connectivity index (χ4v) is 0.713. The number of aromatic nitrogens is 2. The Hall–Kier alpha value is -1.23. The maximum Gasteiger partial charge on any atom is 0.360 e. The Bertz CT molecular complexity index is 283. The Morgan fingerprint density at radius 2 is 2.45 bits per heavy atom. The van der Waals surface area contributed by atoms with Crippen molar-refractivity contribution in [3.63, 3.8) is 0 Å². The lowest BCUT2D eigenvalue weighted by molar-refractivity contribution is 0.0595. The Morgan fingerprint density at radius 1 is 1.82 bits per heavy atom. The van der Waals surface area contributed by atoms with Crippen LogP contribution in [0.4, 0.5) is 5.69 Å². The molecule has 0 aliphatic carbocycles. The minimum atomic E-state index is -0.606. The summed E-state index contributed by atoms with van der Waals surface area (Å²) in [6.45, 7) is 0. The van der Waals surface area contributed by atoms with Crippen molar-refractivity contribution in [2.24, 2.45) is 0 Å². The second-order valence-corrected chi connectivity index (χ2v) is 2.17. The van der Waals surface area contributed by atoms with Gasteiger partial charge in [-0.1, -0.05) is 11.6 Å². The molecule has 0 unspecified atom stereocenters. The van der Waals surface area contributed by atoms with Gasteiger partial charge in [-0.3, -0.25) is 5.10 Å².